The summed E-state index contributed by atoms with van der Waals surface area (Å²) < 4.78 is 0. The summed E-state index contributed by atoms with van der Waals surface area (Å²) in [6.45, 7) is 8.63. The van der Waals surface area contributed by atoms with Gasteiger partial charge in [-0.05, 0) is 5.92 Å². The van der Waals surface area contributed by atoms with Gasteiger partial charge in [0.2, 0.25) is 0 Å². The first-order valence-electron chi connectivity index (χ1n) is 5.09. The summed E-state index contributed by atoms with van der Waals surface area (Å²) in [6, 6.07) is 0. The fourth-order valence-electron chi connectivity index (χ4n) is 1.38. The van der Waals surface area contributed by atoms with Crippen LogP contribution in [0.4, 0.5) is 0 Å². The molecule has 1 fully saturated rings. The quantitative estimate of drug-likeness (QED) is 0.620. The van der Waals surface area contributed by atoms with E-state index in [2.05, 4.69) is 26.7 Å². The van der Waals surface area contributed by atoms with Crippen molar-refractivity contribution in [1.29, 1.82) is 0 Å². The average Bonchev–Trinajstić information content (AvgIpc) is 2.07. The van der Waals surface area contributed by atoms with E-state index in [-0.39, 0.29) is 32.7 Å². The Labute approximate surface area is 110 Å². The minimum atomic E-state index is 0. The first-order valence-corrected chi connectivity index (χ1v) is 5.09. The molecule has 74 valence electrons. The molecule has 1 rings (SSSR count). The van der Waals surface area contributed by atoms with Crippen molar-refractivity contribution in [2.24, 2.45) is 11.8 Å². The summed E-state index contributed by atoms with van der Waals surface area (Å²) >= 11 is 0. The molecular formula is C12H23Y. The van der Waals surface area contributed by atoms with Crippen molar-refractivity contribution in [3.8, 4) is 0 Å². The normalized spacial score (nSPS) is 17.3. The summed E-state index contributed by atoms with van der Waals surface area (Å²) in [5.74, 6) is 1.82. The van der Waals surface area contributed by atoms with Gasteiger partial charge in [-0.1, -0.05) is 19.8 Å². The molecule has 1 saturated carbocycles. The van der Waals surface area contributed by atoms with Crippen LogP contribution in [0.15, 0.2) is 0 Å². The van der Waals surface area contributed by atoms with Crippen LogP contribution in [0.2, 0.25) is 0 Å². The van der Waals surface area contributed by atoms with Crippen LogP contribution >= 0.6 is 0 Å². The van der Waals surface area contributed by atoms with Crippen LogP contribution in [0.3, 0.4) is 0 Å². The Morgan fingerprint density at radius 1 is 1.15 bits per heavy atom. The molecule has 1 aliphatic rings. The van der Waals surface area contributed by atoms with E-state index in [0.717, 1.165) is 11.8 Å². The van der Waals surface area contributed by atoms with E-state index in [9.17, 15) is 0 Å². The van der Waals surface area contributed by atoms with E-state index in [1.807, 2.05) is 20.3 Å². The van der Waals surface area contributed by atoms with Crippen molar-refractivity contribution in [1.82, 2.24) is 0 Å². The van der Waals surface area contributed by atoms with Crippen molar-refractivity contribution < 1.29 is 32.7 Å². The first kappa shape index (κ1) is 16.5. The SMILES string of the molecule is CC(C)C1C[CH-]C[CH-]C1.C[CH-]C.[Y+3]. The summed E-state index contributed by atoms with van der Waals surface area (Å²) in [5, 5.41) is 0. The van der Waals surface area contributed by atoms with Gasteiger partial charge in [-0.3, -0.25) is 0 Å². The van der Waals surface area contributed by atoms with Crippen molar-refractivity contribution >= 4 is 0 Å². The third-order valence-electron chi connectivity index (χ3n) is 2.21. The third-order valence-corrected chi connectivity index (χ3v) is 2.21. The molecule has 1 aliphatic carbocycles. The van der Waals surface area contributed by atoms with Crippen LogP contribution in [0, 0.1) is 31.1 Å². The predicted octanol–water partition coefficient (Wildman–Crippen LogP) is 4.08. The average molecular weight is 256 g/mol. The van der Waals surface area contributed by atoms with Gasteiger partial charge in [0, 0.05) is 0 Å². The van der Waals surface area contributed by atoms with E-state index >= 15 is 0 Å². The van der Waals surface area contributed by atoms with Crippen LogP contribution in [-0.4, -0.2) is 0 Å². The number of rotatable bonds is 1. The molecule has 1 heteroatoms. The molecule has 0 N–H and O–H groups in total. The summed E-state index contributed by atoms with van der Waals surface area (Å²) in [4.78, 5) is 0. The largest absolute Gasteiger partial charge is 3.00 e. The van der Waals surface area contributed by atoms with Crippen molar-refractivity contribution in [3.63, 3.8) is 0 Å². The van der Waals surface area contributed by atoms with Crippen molar-refractivity contribution in [3.05, 3.63) is 19.3 Å². The molecule has 13 heavy (non-hydrogen) atoms. The number of hydrogen-bond acceptors (Lipinski definition) is 0. The molecule has 0 aromatic rings. The zero-order valence-corrected chi connectivity index (χ0v) is 12.4. The molecule has 0 nitrogen and oxygen atoms in total. The van der Waals surface area contributed by atoms with Gasteiger partial charge in [0.25, 0.3) is 0 Å². The first-order chi connectivity index (χ1) is 5.72. The minimum absolute atomic E-state index is 0. The summed E-state index contributed by atoms with van der Waals surface area (Å²) in [5.41, 5.74) is 0. The Morgan fingerprint density at radius 3 is 1.77 bits per heavy atom. The van der Waals surface area contributed by atoms with Gasteiger partial charge in [0.1, 0.15) is 0 Å². The molecule has 0 bridgehead atoms. The zero-order valence-electron chi connectivity index (χ0n) is 9.59. The Balaban J connectivity index is 0. The third kappa shape index (κ3) is 9.41. The monoisotopic (exact) mass is 256 g/mol. The Bertz CT molecular complexity index is 83.1. The molecule has 0 heterocycles. The predicted molar refractivity (Wildman–Crippen MR) is 56.4 cm³/mol. The zero-order chi connectivity index (χ0) is 9.40. The van der Waals surface area contributed by atoms with Crippen LogP contribution in [0.5, 0.6) is 0 Å². The summed E-state index contributed by atoms with van der Waals surface area (Å²) in [6.07, 6.45) is 10.7. The second-order valence-corrected chi connectivity index (χ2v) is 3.87. The molecule has 0 aromatic heterocycles. The Morgan fingerprint density at radius 2 is 1.54 bits per heavy atom. The maximum absolute atomic E-state index is 2.40. The standard InChI is InChI=1S/C9H16.C3H7.Y/c1-8(2)9-6-4-3-5-7-9;1-3-2;/h4-5,8-9H,3,6-7H2,1-2H3;3H,1-2H3;/q-2;-1;+3. The van der Waals surface area contributed by atoms with Gasteiger partial charge in [0.05, 0.1) is 0 Å². The molecule has 0 radical (unpaired) electrons. The van der Waals surface area contributed by atoms with Gasteiger partial charge in [-0.2, -0.15) is 26.7 Å². The minimum Gasteiger partial charge on any atom is -0.357 e. The molecule has 0 unspecified atom stereocenters. The molecule has 0 aliphatic heterocycles. The fraction of sp³-hybridized carbons (Fsp3) is 0.750. The van der Waals surface area contributed by atoms with Crippen molar-refractivity contribution in [2.75, 3.05) is 0 Å². The second kappa shape index (κ2) is 11.2. The van der Waals surface area contributed by atoms with Crippen LogP contribution in [-0.2, 0) is 32.7 Å². The van der Waals surface area contributed by atoms with Gasteiger partial charge in [-0.15, -0.1) is 0 Å². The molecule has 0 saturated heterocycles. The molecule has 0 amide bonds. The fourth-order valence-corrected chi connectivity index (χ4v) is 1.38. The molecule has 0 aromatic carbocycles. The smallest absolute Gasteiger partial charge is 0.357 e. The van der Waals surface area contributed by atoms with Crippen molar-refractivity contribution in [2.45, 2.75) is 47.0 Å². The topological polar surface area (TPSA) is 0 Å². The van der Waals surface area contributed by atoms with Gasteiger partial charge >= 0.3 is 32.7 Å². The van der Waals surface area contributed by atoms with E-state index in [1.165, 1.54) is 19.3 Å². The Kier molecular flexibility index (Phi) is 14.2. The summed E-state index contributed by atoms with van der Waals surface area (Å²) in [7, 11) is 0. The molecular weight excluding hydrogens is 233 g/mol. The second-order valence-electron chi connectivity index (χ2n) is 3.87. The van der Waals surface area contributed by atoms with E-state index in [1.54, 1.807) is 0 Å². The van der Waals surface area contributed by atoms with E-state index in [4.69, 9.17) is 0 Å². The maximum atomic E-state index is 2.40. The van der Waals surface area contributed by atoms with Gasteiger partial charge in [0.15, 0.2) is 0 Å². The van der Waals surface area contributed by atoms with E-state index in [0.29, 0.717) is 0 Å². The van der Waals surface area contributed by atoms with E-state index < -0.39 is 0 Å². The molecule has 0 spiro atoms. The maximum Gasteiger partial charge on any atom is 3.00 e. The Hall–Kier alpha value is 1.10. The van der Waals surface area contributed by atoms with Gasteiger partial charge in [-0.25, -0.2) is 0 Å². The van der Waals surface area contributed by atoms with Crippen LogP contribution in [0.25, 0.3) is 0 Å². The number of hydrogen-bond donors (Lipinski definition) is 0. The van der Waals surface area contributed by atoms with Crippen LogP contribution < -0.4 is 0 Å². The van der Waals surface area contributed by atoms with Crippen LogP contribution in [0.1, 0.15) is 47.0 Å². The molecule has 0 atom stereocenters. The van der Waals surface area contributed by atoms with Gasteiger partial charge < -0.3 is 25.7 Å².